The van der Waals surface area contributed by atoms with E-state index in [9.17, 15) is 14.4 Å². The number of carbonyl (C=O) groups is 3. The summed E-state index contributed by atoms with van der Waals surface area (Å²) in [5, 5.41) is 0. The molecule has 56 heavy (non-hydrogen) atoms. The largest absolute Gasteiger partial charge is 0.462 e. The topological polar surface area (TPSA) is 78.9 Å². The van der Waals surface area contributed by atoms with Crippen molar-refractivity contribution in [2.75, 3.05) is 13.2 Å². The summed E-state index contributed by atoms with van der Waals surface area (Å²) in [4.78, 5) is 37.8. The number of allylic oxidation sites excluding steroid dienone is 4. The molecule has 0 fully saturated rings. The van der Waals surface area contributed by atoms with Crippen LogP contribution in [-0.2, 0) is 28.6 Å². The van der Waals surface area contributed by atoms with Crippen LogP contribution in [-0.4, -0.2) is 37.2 Å². The molecule has 1 atom stereocenters. The molecule has 0 aromatic rings. The van der Waals surface area contributed by atoms with Gasteiger partial charge in [-0.15, -0.1) is 0 Å². The van der Waals surface area contributed by atoms with Gasteiger partial charge in [-0.2, -0.15) is 0 Å². The van der Waals surface area contributed by atoms with Crippen LogP contribution in [0.2, 0.25) is 0 Å². The van der Waals surface area contributed by atoms with Gasteiger partial charge in [0, 0.05) is 19.3 Å². The molecule has 0 aromatic carbocycles. The molecule has 0 unspecified atom stereocenters. The van der Waals surface area contributed by atoms with Crippen LogP contribution in [0.25, 0.3) is 0 Å². The molecule has 0 N–H and O–H groups in total. The Bertz CT molecular complexity index is 911. The van der Waals surface area contributed by atoms with Gasteiger partial charge in [0.1, 0.15) is 13.2 Å². The van der Waals surface area contributed by atoms with E-state index >= 15 is 0 Å². The van der Waals surface area contributed by atoms with Gasteiger partial charge in [-0.05, 0) is 51.4 Å². The van der Waals surface area contributed by atoms with E-state index in [1.807, 2.05) is 0 Å². The van der Waals surface area contributed by atoms with Crippen molar-refractivity contribution in [1.82, 2.24) is 0 Å². The quantitative estimate of drug-likeness (QED) is 0.0265. The van der Waals surface area contributed by atoms with E-state index in [0.717, 1.165) is 77.0 Å². The lowest BCUT2D eigenvalue weighted by Crippen LogP contribution is -2.30. The molecule has 0 bridgehead atoms. The molecule has 328 valence electrons. The summed E-state index contributed by atoms with van der Waals surface area (Å²) in [6.07, 6.45) is 50.1. The highest BCUT2D eigenvalue weighted by molar-refractivity contribution is 5.71. The lowest BCUT2D eigenvalue weighted by atomic mass is 10.0. The summed E-state index contributed by atoms with van der Waals surface area (Å²) < 4.78 is 16.7. The number of esters is 3. The maximum Gasteiger partial charge on any atom is 0.306 e. The van der Waals surface area contributed by atoms with Gasteiger partial charge in [0.15, 0.2) is 6.10 Å². The summed E-state index contributed by atoms with van der Waals surface area (Å²) >= 11 is 0. The minimum absolute atomic E-state index is 0.0727. The second kappa shape index (κ2) is 45.6. The van der Waals surface area contributed by atoms with Crippen molar-refractivity contribution >= 4 is 17.9 Å². The Morgan fingerprint density at radius 1 is 0.357 bits per heavy atom. The Morgan fingerprint density at radius 3 is 1.02 bits per heavy atom. The zero-order chi connectivity index (χ0) is 40.8. The molecule has 6 nitrogen and oxygen atoms in total. The fourth-order valence-corrected chi connectivity index (χ4v) is 7.00. The fourth-order valence-electron chi connectivity index (χ4n) is 7.00. The van der Waals surface area contributed by atoms with Gasteiger partial charge < -0.3 is 14.2 Å². The van der Waals surface area contributed by atoms with Gasteiger partial charge in [0.2, 0.25) is 0 Å². The molecular formula is C50H92O6. The minimum atomic E-state index is -0.771. The van der Waals surface area contributed by atoms with Crippen molar-refractivity contribution < 1.29 is 28.6 Å². The Labute approximate surface area is 347 Å². The molecule has 0 amide bonds. The molecule has 0 aliphatic rings. The monoisotopic (exact) mass is 789 g/mol. The van der Waals surface area contributed by atoms with Gasteiger partial charge in [0.25, 0.3) is 0 Å². The lowest BCUT2D eigenvalue weighted by Gasteiger charge is -2.18. The Morgan fingerprint density at radius 2 is 0.643 bits per heavy atom. The average Bonchev–Trinajstić information content (AvgIpc) is 3.19. The second-order valence-electron chi connectivity index (χ2n) is 16.4. The number of ether oxygens (including phenoxy) is 3. The fraction of sp³-hybridized carbons (Fsp3) is 0.860. The summed E-state index contributed by atoms with van der Waals surface area (Å²) in [6.45, 7) is 6.60. The molecule has 0 saturated carbocycles. The highest BCUT2D eigenvalue weighted by Crippen LogP contribution is 2.15. The molecule has 0 aliphatic heterocycles. The van der Waals surface area contributed by atoms with Crippen molar-refractivity contribution in [3.8, 4) is 0 Å². The maximum absolute atomic E-state index is 12.7. The minimum Gasteiger partial charge on any atom is -0.462 e. The van der Waals surface area contributed by atoms with Crippen molar-refractivity contribution in [2.24, 2.45) is 0 Å². The van der Waals surface area contributed by atoms with Crippen molar-refractivity contribution in [3.63, 3.8) is 0 Å². The van der Waals surface area contributed by atoms with Crippen LogP contribution in [0.4, 0.5) is 0 Å². The number of carbonyl (C=O) groups excluding carboxylic acids is 3. The Kier molecular flexibility index (Phi) is 43.9. The normalized spacial score (nSPS) is 12.1. The third-order valence-corrected chi connectivity index (χ3v) is 10.7. The lowest BCUT2D eigenvalue weighted by molar-refractivity contribution is -0.167. The molecule has 0 radical (unpaired) electrons. The van der Waals surface area contributed by atoms with E-state index in [-0.39, 0.29) is 31.1 Å². The van der Waals surface area contributed by atoms with E-state index in [1.54, 1.807) is 0 Å². The summed E-state index contributed by atoms with van der Waals surface area (Å²) in [7, 11) is 0. The standard InChI is InChI=1S/C50H92O6/c1-4-7-10-13-16-19-22-24-25-26-29-32-35-38-41-44-50(53)56-47(45-54-48(51)42-39-36-33-30-27-21-18-15-12-9-6-3)46-55-49(52)43-40-37-34-31-28-23-20-17-14-11-8-5-2/h16,19,24-25,47H,4-15,17-18,20-23,26-46H2,1-3H3/b19-16-,25-24-/t47-/m0/s1. The van der Waals surface area contributed by atoms with Gasteiger partial charge in [0.05, 0.1) is 0 Å². The average molecular weight is 789 g/mol. The van der Waals surface area contributed by atoms with Crippen LogP contribution in [0.1, 0.15) is 258 Å². The third kappa shape index (κ3) is 43.0. The van der Waals surface area contributed by atoms with Crippen LogP contribution in [0.3, 0.4) is 0 Å². The third-order valence-electron chi connectivity index (χ3n) is 10.7. The van der Waals surface area contributed by atoms with Crippen LogP contribution < -0.4 is 0 Å². The molecule has 0 heterocycles. The zero-order valence-corrected chi connectivity index (χ0v) is 37.4. The number of hydrogen-bond donors (Lipinski definition) is 0. The van der Waals surface area contributed by atoms with Crippen LogP contribution in [0, 0.1) is 0 Å². The summed E-state index contributed by atoms with van der Waals surface area (Å²) in [5.74, 6) is -0.878. The van der Waals surface area contributed by atoms with Gasteiger partial charge in [-0.3, -0.25) is 14.4 Å². The molecule has 6 heteroatoms. The van der Waals surface area contributed by atoms with Crippen molar-refractivity contribution in [1.29, 1.82) is 0 Å². The predicted molar refractivity (Wildman–Crippen MR) is 238 cm³/mol. The van der Waals surface area contributed by atoms with Gasteiger partial charge in [-0.25, -0.2) is 0 Å². The first-order valence-electron chi connectivity index (χ1n) is 24.3. The first kappa shape index (κ1) is 53.9. The molecule has 0 rings (SSSR count). The SMILES string of the molecule is CCCCC/C=C\C/C=C\CCCCCCCC(=O)O[C@@H](COC(=O)CCCCCCCCCCCCC)COC(=O)CCCCCCCCCCCCCC. The molecule has 0 spiro atoms. The molecular weight excluding hydrogens is 697 g/mol. The van der Waals surface area contributed by atoms with E-state index in [1.165, 1.54) is 141 Å². The first-order valence-corrected chi connectivity index (χ1v) is 24.3. The predicted octanol–water partition coefficient (Wildman–Crippen LogP) is 15.6. The van der Waals surface area contributed by atoms with Gasteiger partial charge >= 0.3 is 17.9 Å². The molecule has 0 aliphatic carbocycles. The van der Waals surface area contributed by atoms with E-state index in [4.69, 9.17) is 14.2 Å². The number of rotatable bonds is 44. The van der Waals surface area contributed by atoms with Crippen molar-refractivity contribution in [2.45, 2.75) is 264 Å². The first-order chi connectivity index (χ1) is 27.5. The summed E-state index contributed by atoms with van der Waals surface area (Å²) in [6, 6.07) is 0. The van der Waals surface area contributed by atoms with Crippen LogP contribution >= 0.6 is 0 Å². The van der Waals surface area contributed by atoms with Gasteiger partial charge in [-0.1, -0.05) is 212 Å². The summed E-state index contributed by atoms with van der Waals surface area (Å²) in [5.41, 5.74) is 0. The highest BCUT2D eigenvalue weighted by atomic mass is 16.6. The highest BCUT2D eigenvalue weighted by Gasteiger charge is 2.19. The van der Waals surface area contributed by atoms with Crippen LogP contribution in [0.15, 0.2) is 24.3 Å². The van der Waals surface area contributed by atoms with E-state index < -0.39 is 6.10 Å². The second-order valence-corrected chi connectivity index (χ2v) is 16.4. The maximum atomic E-state index is 12.7. The molecule has 0 saturated heterocycles. The molecule has 0 aromatic heterocycles. The Balaban J connectivity index is 4.37. The number of hydrogen-bond acceptors (Lipinski definition) is 6. The Hall–Kier alpha value is -2.11. The zero-order valence-electron chi connectivity index (χ0n) is 37.4. The number of unbranched alkanes of at least 4 members (excludes halogenated alkanes) is 29. The smallest absolute Gasteiger partial charge is 0.306 e. The van der Waals surface area contributed by atoms with Crippen LogP contribution in [0.5, 0.6) is 0 Å². The van der Waals surface area contributed by atoms with E-state index in [0.29, 0.717) is 19.3 Å². The van der Waals surface area contributed by atoms with Crippen molar-refractivity contribution in [3.05, 3.63) is 24.3 Å². The van der Waals surface area contributed by atoms with E-state index in [2.05, 4.69) is 45.1 Å².